The van der Waals surface area contributed by atoms with Gasteiger partial charge in [0.15, 0.2) is 5.54 Å². The van der Waals surface area contributed by atoms with Gasteiger partial charge in [0.25, 0.3) is 11.5 Å². The number of rotatable bonds is 3. The predicted molar refractivity (Wildman–Crippen MR) is 110 cm³/mol. The first-order valence-electron chi connectivity index (χ1n) is 8.98. The highest BCUT2D eigenvalue weighted by Gasteiger charge is 2.43. The standard InChI is InChI=1S/C20H22N4O3.ClH/c1-20(19(27)22-18(23-20)15-10-14(25)11-21-15)13-8-6-12(7-9-13)16-4-3-5-17(26)24(16)2;/h3-9,14-15,21,25H,10-11H2,1-2H3,(H,22,23,27);1H/t14-,15?,20?;/m1./s1. The summed E-state index contributed by atoms with van der Waals surface area (Å²) in [6.45, 7) is 2.29. The number of aliphatic hydroxyl groups excluding tert-OH is 1. The number of hydrogen-bond acceptors (Lipinski definition) is 5. The molecule has 1 fully saturated rings. The Morgan fingerprint density at radius 1 is 1.18 bits per heavy atom. The maximum atomic E-state index is 12.6. The van der Waals surface area contributed by atoms with E-state index >= 15 is 0 Å². The van der Waals surface area contributed by atoms with Gasteiger partial charge in [-0.05, 0) is 30.5 Å². The average Bonchev–Trinajstić information content (AvgIpc) is 3.22. The second-order valence-corrected chi connectivity index (χ2v) is 7.26. The monoisotopic (exact) mass is 402 g/mol. The van der Waals surface area contributed by atoms with Crippen LogP contribution in [-0.4, -0.2) is 40.1 Å². The Bertz CT molecular complexity index is 986. The van der Waals surface area contributed by atoms with Crippen molar-refractivity contribution in [2.24, 2.45) is 12.0 Å². The van der Waals surface area contributed by atoms with Gasteiger partial charge in [-0.25, -0.2) is 4.99 Å². The first kappa shape index (κ1) is 20.3. The topological polar surface area (TPSA) is 95.7 Å². The zero-order valence-electron chi connectivity index (χ0n) is 15.7. The third-order valence-corrected chi connectivity index (χ3v) is 5.39. The van der Waals surface area contributed by atoms with E-state index in [-0.39, 0.29) is 29.9 Å². The molecule has 3 N–H and O–H groups in total. The minimum absolute atomic E-state index is 0. The maximum absolute atomic E-state index is 12.6. The van der Waals surface area contributed by atoms with E-state index in [2.05, 4.69) is 15.6 Å². The van der Waals surface area contributed by atoms with Crippen molar-refractivity contribution in [1.82, 2.24) is 15.2 Å². The van der Waals surface area contributed by atoms with Crippen LogP contribution in [0.4, 0.5) is 0 Å². The number of β-amino-alcohol motifs (C(OH)–C–C–N with tert-alkyl or cyclic N) is 1. The molecule has 1 amide bonds. The van der Waals surface area contributed by atoms with E-state index in [0.29, 0.717) is 18.8 Å². The lowest BCUT2D eigenvalue weighted by Crippen LogP contribution is -2.41. The van der Waals surface area contributed by atoms with E-state index in [1.165, 1.54) is 6.07 Å². The highest BCUT2D eigenvalue weighted by Crippen LogP contribution is 2.32. The summed E-state index contributed by atoms with van der Waals surface area (Å²) in [6.07, 6.45) is 0.120. The normalized spacial score (nSPS) is 26.5. The minimum Gasteiger partial charge on any atom is -0.392 e. The summed E-state index contributed by atoms with van der Waals surface area (Å²) >= 11 is 0. The largest absolute Gasteiger partial charge is 0.392 e. The number of aliphatic imine (C=N–C) groups is 1. The summed E-state index contributed by atoms with van der Waals surface area (Å²) in [5, 5.41) is 15.7. The lowest BCUT2D eigenvalue weighted by molar-refractivity contribution is -0.123. The number of hydrogen-bond donors (Lipinski definition) is 3. The van der Waals surface area contributed by atoms with Gasteiger partial charge in [0, 0.05) is 19.7 Å². The van der Waals surface area contributed by atoms with E-state index in [1.54, 1.807) is 24.6 Å². The number of carbonyl (C=O) groups is 1. The Labute approximate surface area is 168 Å². The number of carbonyl (C=O) groups excluding carboxylic acids is 1. The van der Waals surface area contributed by atoms with Gasteiger partial charge in [-0.1, -0.05) is 30.3 Å². The third kappa shape index (κ3) is 3.37. The smallest absolute Gasteiger partial charge is 0.257 e. The molecule has 3 heterocycles. The molecular weight excluding hydrogens is 380 g/mol. The van der Waals surface area contributed by atoms with Crippen molar-refractivity contribution in [1.29, 1.82) is 0 Å². The molecule has 0 aliphatic carbocycles. The fourth-order valence-electron chi connectivity index (χ4n) is 3.66. The van der Waals surface area contributed by atoms with Crippen molar-refractivity contribution < 1.29 is 9.90 Å². The lowest BCUT2D eigenvalue weighted by Gasteiger charge is -2.19. The molecule has 2 unspecified atom stereocenters. The molecule has 8 heteroatoms. The summed E-state index contributed by atoms with van der Waals surface area (Å²) in [7, 11) is 1.73. The number of amidine groups is 1. The molecule has 2 aromatic rings. The predicted octanol–water partition coefficient (Wildman–Crippen LogP) is 0.940. The van der Waals surface area contributed by atoms with Crippen LogP contribution in [0.1, 0.15) is 18.9 Å². The van der Waals surface area contributed by atoms with Gasteiger partial charge in [-0.15, -0.1) is 12.4 Å². The number of nitrogens with zero attached hydrogens (tertiary/aromatic N) is 2. The van der Waals surface area contributed by atoms with Gasteiger partial charge in [-0.2, -0.15) is 0 Å². The first-order valence-corrected chi connectivity index (χ1v) is 8.98. The molecule has 1 saturated heterocycles. The van der Waals surface area contributed by atoms with Crippen LogP contribution in [0.2, 0.25) is 0 Å². The van der Waals surface area contributed by atoms with E-state index in [0.717, 1.165) is 16.8 Å². The molecule has 0 spiro atoms. The van der Waals surface area contributed by atoms with Crippen molar-refractivity contribution in [3.63, 3.8) is 0 Å². The van der Waals surface area contributed by atoms with Gasteiger partial charge in [0.1, 0.15) is 5.84 Å². The Kier molecular flexibility index (Phi) is 5.43. The number of halogens is 1. The quantitative estimate of drug-likeness (QED) is 0.712. The van der Waals surface area contributed by atoms with Crippen molar-refractivity contribution >= 4 is 24.1 Å². The Morgan fingerprint density at radius 3 is 2.54 bits per heavy atom. The number of aromatic nitrogens is 1. The van der Waals surface area contributed by atoms with Gasteiger partial charge in [0.2, 0.25) is 0 Å². The van der Waals surface area contributed by atoms with Gasteiger partial charge >= 0.3 is 0 Å². The van der Waals surface area contributed by atoms with Crippen LogP contribution in [-0.2, 0) is 17.4 Å². The molecule has 7 nitrogen and oxygen atoms in total. The van der Waals surface area contributed by atoms with Crippen LogP contribution in [0, 0.1) is 0 Å². The molecule has 2 aliphatic heterocycles. The average molecular weight is 403 g/mol. The first-order chi connectivity index (χ1) is 12.9. The second kappa shape index (κ2) is 7.50. The number of amides is 1. The number of benzene rings is 1. The van der Waals surface area contributed by atoms with Crippen molar-refractivity contribution in [3.05, 3.63) is 58.4 Å². The maximum Gasteiger partial charge on any atom is 0.257 e. The molecule has 148 valence electrons. The zero-order chi connectivity index (χ0) is 19.2. The summed E-state index contributed by atoms with van der Waals surface area (Å²) in [5.74, 6) is 0.397. The van der Waals surface area contributed by atoms with Crippen LogP contribution in [0.25, 0.3) is 11.3 Å². The van der Waals surface area contributed by atoms with Crippen LogP contribution >= 0.6 is 12.4 Å². The van der Waals surface area contributed by atoms with Crippen molar-refractivity contribution in [2.75, 3.05) is 6.54 Å². The summed E-state index contributed by atoms with van der Waals surface area (Å²) < 4.78 is 1.59. The van der Waals surface area contributed by atoms with E-state index < -0.39 is 11.6 Å². The molecule has 1 aromatic carbocycles. The molecule has 4 rings (SSSR count). The summed E-state index contributed by atoms with van der Waals surface area (Å²) in [4.78, 5) is 29.1. The Hall–Kier alpha value is -2.48. The fourth-order valence-corrected chi connectivity index (χ4v) is 3.66. The number of aliphatic hydroxyl groups is 1. The molecule has 2 aliphatic rings. The van der Waals surface area contributed by atoms with Crippen LogP contribution in [0.3, 0.4) is 0 Å². The van der Waals surface area contributed by atoms with Gasteiger partial charge in [-0.3, -0.25) is 9.59 Å². The second-order valence-electron chi connectivity index (χ2n) is 7.26. The molecule has 1 aromatic heterocycles. The lowest BCUT2D eigenvalue weighted by atomic mass is 9.91. The molecular formula is C20H23ClN4O3. The molecule has 3 atom stereocenters. The van der Waals surface area contributed by atoms with Crippen molar-refractivity contribution in [2.45, 2.75) is 31.0 Å². The van der Waals surface area contributed by atoms with Crippen LogP contribution in [0.15, 0.2) is 52.3 Å². The summed E-state index contributed by atoms with van der Waals surface area (Å²) in [6, 6.07) is 12.5. The van der Waals surface area contributed by atoms with Gasteiger partial charge < -0.3 is 20.3 Å². The number of nitrogens with one attached hydrogen (secondary N) is 2. The van der Waals surface area contributed by atoms with Crippen LogP contribution in [0.5, 0.6) is 0 Å². The van der Waals surface area contributed by atoms with Gasteiger partial charge in [0.05, 0.1) is 17.8 Å². The Morgan fingerprint density at radius 2 is 1.89 bits per heavy atom. The summed E-state index contributed by atoms with van der Waals surface area (Å²) in [5.41, 5.74) is 1.40. The zero-order valence-corrected chi connectivity index (χ0v) is 16.5. The Balaban J connectivity index is 0.00000225. The fraction of sp³-hybridized carbons (Fsp3) is 0.350. The van der Waals surface area contributed by atoms with E-state index in [4.69, 9.17) is 0 Å². The molecule has 28 heavy (non-hydrogen) atoms. The molecule has 0 saturated carbocycles. The van der Waals surface area contributed by atoms with E-state index in [9.17, 15) is 14.7 Å². The highest BCUT2D eigenvalue weighted by molar-refractivity contribution is 6.10. The third-order valence-electron chi connectivity index (χ3n) is 5.39. The minimum atomic E-state index is -1.01. The number of pyridine rings is 1. The van der Waals surface area contributed by atoms with Crippen molar-refractivity contribution in [3.8, 4) is 11.3 Å². The highest BCUT2D eigenvalue weighted by atomic mass is 35.5. The van der Waals surface area contributed by atoms with E-state index in [1.807, 2.05) is 30.3 Å². The molecule has 0 bridgehead atoms. The van der Waals surface area contributed by atoms with Crippen LogP contribution < -0.4 is 16.2 Å². The SMILES string of the molecule is Cl.Cn1c(-c2ccc(C3(C)N=C(C4C[C@@H](O)CN4)NC3=O)cc2)cccc1=O. The molecule has 0 radical (unpaired) electrons.